The monoisotopic (exact) mass is 307 g/mol. The molecule has 0 aliphatic carbocycles. The van der Waals surface area contributed by atoms with Crippen molar-refractivity contribution in [1.29, 1.82) is 0 Å². The number of rotatable bonds is 3. The lowest BCUT2D eigenvalue weighted by Gasteiger charge is -2.34. The Morgan fingerprint density at radius 2 is 1.86 bits per heavy atom. The van der Waals surface area contributed by atoms with E-state index in [2.05, 4.69) is 28.9 Å². The minimum absolute atomic E-state index is 0.233. The maximum Gasteiger partial charge on any atom is 0.257 e. The van der Waals surface area contributed by atoms with E-state index in [9.17, 15) is 0 Å². The van der Waals surface area contributed by atoms with Crippen LogP contribution in [0.1, 0.15) is 19.7 Å². The lowest BCUT2D eigenvalue weighted by Crippen LogP contribution is -2.44. The molecule has 2 heterocycles. The molecule has 6 heteroatoms. The van der Waals surface area contributed by atoms with Crippen LogP contribution in [0, 0.1) is 0 Å². The first-order chi connectivity index (χ1) is 10.1. The van der Waals surface area contributed by atoms with Crippen molar-refractivity contribution in [3.63, 3.8) is 0 Å². The highest BCUT2D eigenvalue weighted by Crippen LogP contribution is 2.20. The third-order valence-electron chi connectivity index (χ3n) is 3.42. The van der Waals surface area contributed by atoms with Gasteiger partial charge in [-0.25, -0.2) is 0 Å². The van der Waals surface area contributed by atoms with E-state index in [1.54, 1.807) is 0 Å². The smallest absolute Gasteiger partial charge is 0.257 e. The fourth-order valence-electron chi connectivity index (χ4n) is 2.64. The summed E-state index contributed by atoms with van der Waals surface area (Å²) in [5.74, 6) is 1.22. The molecule has 0 N–H and O–H groups in total. The van der Waals surface area contributed by atoms with Crippen molar-refractivity contribution < 1.29 is 9.26 Å². The summed E-state index contributed by atoms with van der Waals surface area (Å²) in [5.41, 5.74) is 0.877. The van der Waals surface area contributed by atoms with E-state index in [0.29, 0.717) is 23.3 Å². The van der Waals surface area contributed by atoms with Crippen LogP contribution in [0.5, 0.6) is 0 Å². The molecule has 1 aliphatic heterocycles. The molecule has 2 atom stereocenters. The first-order valence-corrected chi connectivity index (χ1v) is 7.44. The number of benzene rings is 1. The highest BCUT2D eigenvalue weighted by atomic mass is 35.5. The van der Waals surface area contributed by atoms with Gasteiger partial charge in [0.1, 0.15) is 0 Å². The molecule has 0 unspecified atom stereocenters. The number of aromatic nitrogens is 2. The van der Waals surface area contributed by atoms with E-state index < -0.39 is 0 Å². The Labute approximate surface area is 128 Å². The van der Waals surface area contributed by atoms with E-state index in [0.717, 1.165) is 18.7 Å². The fourth-order valence-corrected chi connectivity index (χ4v) is 2.77. The van der Waals surface area contributed by atoms with Crippen LogP contribution in [0.4, 0.5) is 0 Å². The summed E-state index contributed by atoms with van der Waals surface area (Å²) in [5, 5.41) is 4.75. The fraction of sp³-hybridized carbons (Fsp3) is 0.467. The third kappa shape index (κ3) is 3.61. The van der Waals surface area contributed by atoms with Crippen molar-refractivity contribution >= 4 is 11.6 Å². The van der Waals surface area contributed by atoms with Crippen LogP contribution in [0.2, 0.25) is 5.02 Å². The van der Waals surface area contributed by atoms with Crippen LogP contribution in [0.15, 0.2) is 28.8 Å². The van der Waals surface area contributed by atoms with Gasteiger partial charge in [0.2, 0.25) is 0 Å². The van der Waals surface area contributed by atoms with E-state index in [1.165, 1.54) is 0 Å². The minimum Gasteiger partial charge on any atom is -0.373 e. The van der Waals surface area contributed by atoms with Crippen molar-refractivity contribution in [1.82, 2.24) is 15.0 Å². The van der Waals surface area contributed by atoms with Gasteiger partial charge in [-0.05, 0) is 38.1 Å². The zero-order valence-electron chi connectivity index (χ0n) is 12.1. The molecule has 5 nitrogen and oxygen atoms in total. The first-order valence-electron chi connectivity index (χ1n) is 7.06. The third-order valence-corrected chi connectivity index (χ3v) is 3.67. The van der Waals surface area contributed by atoms with Gasteiger partial charge in [0, 0.05) is 23.7 Å². The zero-order valence-corrected chi connectivity index (χ0v) is 12.9. The van der Waals surface area contributed by atoms with Gasteiger partial charge in [-0.3, -0.25) is 4.90 Å². The molecule has 3 rings (SSSR count). The molecular weight excluding hydrogens is 290 g/mol. The van der Waals surface area contributed by atoms with Crippen molar-refractivity contribution in [3.05, 3.63) is 35.1 Å². The van der Waals surface area contributed by atoms with Gasteiger partial charge in [0.15, 0.2) is 5.82 Å². The average Bonchev–Trinajstić information content (AvgIpc) is 2.87. The number of ether oxygens (including phenoxy) is 1. The average molecular weight is 308 g/mol. The summed E-state index contributed by atoms with van der Waals surface area (Å²) >= 11 is 5.88. The second kappa shape index (κ2) is 6.13. The lowest BCUT2D eigenvalue weighted by atomic mass is 10.2. The van der Waals surface area contributed by atoms with Crippen molar-refractivity contribution in [2.75, 3.05) is 13.1 Å². The summed E-state index contributed by atoms with van der Waals surface area (Å²) in [7, 11) is 0. The summed E-state index contributed by atoms with van der Waals surface area (Å²) in [6, 6.07) is 7.37. The molecular formula is C15H18ClN3O2. The highest BCUT2D eigenvalue weighted by molar-refractivity contribution is 6.30. The van der Waals surface area contributed by atoms with Crippen LogP contribution in [-0.2, 0) is 11.3 Å². The second-order valence-corrected chi connectivity index (χ2v) is 5.91. The summed E-state index contributed by atoms with van der Waals surface area (Å²) < 4.78 is 11.0. The largest absolute Gasteiger partial charge is 0.373 e. The normalized spacial score (nSPS) is 23.4. The lowest BCUT2D eigenvalue weighted by molar-refractivity contribution is -0.0711. The Kier molecular flexibility index (Phi) is 4.24. The van der Waals surface area contributed by atoms with E-state index >= 15 is 0 Å². The van der Waals surface area contributed by atoms with E-state index in [4.69, 9.17) is 20.9 Å². The molecule has 1 aliphatic rings. The molecule has 0 radical (unpaired) electrons. The Morgan fingerprint density at radius 3 is 2.52 bits per heavy atom. The Balaban J connectivity index is 1.69. The van der Waals surface area contributed by atoms with E-state index in [1.807, 2.05) is 24.3 Å². The van der Waals surface area contributed by atoms with Gasteiger partial charge < -0.3 is 9.26 Å². The van der Waals surface area contributed by atoms with Crippen LogP contribution in [-0.4, -0.2) is 40.3 Å². The predicted molar refractivity (Wildman–Crippen MR) is 80.0 cm³/mol. The number of halogens is 1. The van der Waals surface area contributed by atoms with Gasteiger partial charge in [0.25, 0.3) is 5.89 Å². The van der Waals surface area contributed by atoms with Gasteiger partial charge in [-0.1, -0.05) is 16.8 Å². The Bertz CT molecular complexity index is 589. The Hall–Kier alpha value is -1.43. The molecule has 0 amide bonds. The summed E-state index contributed by atoms with van der Waals surface area (Å²) in [6.45, 7) is 6.61. The van der Waals surface area contributed by atoms with E-state index in [-0.39, 0.29) is 12.2 Å². The van der Waals surface area contributed by atoms with Gasteiger partial charge >= 0.3 is 0 Å². The van der Waals surface area contributed by atoms with Crippen LogP contribution in [0.25, 0.3) is 11.5 Å². The molecule has 1 aromatic carbocycles. The van der Waals surface area contributed by atoms with Crippen molar-refractivity contribution in [2.24, 2.45) is 0 Å². The molecule has 0 bridgehead atoms. The standard InChI is InChI=1S/C15H18ClN3O2/c1-10-7-19(8-11(2)20-10)9-14-17-15(21-18-14)12-3-5-13(16)6-4-12/h3-6,10-11H,7-9H2,1-2H3/t10-,11+. The molecule has 0 saturated carbocycles. The number of nitrogens with zero attached hydrogens (tertiary/aromatic N) is 3. The number of morpholine rings is 1. The SMILES string of the molecule is C[C@@H]1CN(Cc2noc(-c3ccc(Cl)cc3)n2)C[C@H](C)O1. The molecule has 1 aromatic heterocycles. The number of hydrogen-bond donors (Lipinski definition) is 0. The first kappa shape index (κ1) is 14.5. The van der Waals surface area contributed by atoms with Crippen LogP contribution in [0.3, 0.4) is 0 Å². The van der Waals surface area contributed by atoms with Crippen LogP contribution >= 0.6 is 11.6 Å². The van der Waals surface area contributed by atoms with Crippen molar-refractivity contribution in [3.8, 4) is 11.5 Å². The molecule has 112 valence electrons. The quantitative estimate of drug-likeness (QED) is 0.872. The minimum atomic E-state index is 0.233. The van der Waals surface area contributed by atoms with Crippen LogP contribution < -0.4 is 0 Å². The maximum atomic E-state index is 5.88. The summed E-state index contributed by atoms with van der Waals surface area (Å²) in [6.07, 6.45) is 0.466. The van der Waals surface area contributed by atoms with Gasteiger partial charge in [0.05, 0.1) is 18.8 Å². The van der Waals surface area contributed by atoms with Gasteiger partial charge in [-0.2, -0.15) is 4.98 Å². The summed E-state index contributed by atoms with van der Waals surface area (Å²) in [4.78, 5) is 6.74. The molecule has 1 saturated heterocycles. The zero-order chi connectivity index (χ0) is 14.8. The molecule has 2 aromatic rings. The maximum absolute atomic E-state index is 5.88. The second-order valence-electron chi connectivity index (χ2n) is 5.47. The van der Waals surface area contributed by atoms with Crippen molar-refractivity contribution in [2.45, 2.75) is 32.6 Å². The highest BCUT2D eigenvalue weighted by Gasteiger charge is 2.23. The number of hydrogen-bond acceptors (Lipinski definition) is 5. The topological polar surface area (TPSA) is 51.4 Å². The van der Waals surface area contributed by atoms with Gasteiger partial charge in [-0.15, -0.1) is 0 Å². The molecule has 1 fully saturated rings. The predicted octanol–water partition coefficient (Wildman–Crippen LogP) is 3.00. The Morgan fingerprint density at radius 1 is 1.19 bits per heavy atom. The molecule has 21 heavy (non-hydrogen) atoms. The molecule has 0 spiro atoms.